The summed E-state index contributed by atoms with van der Waals surface area (Å²) in [4.78, 5) is 10.1. The van der Waals surface area contributed by atoms with E-state index in [4.69, 9.17) is 5.11 Å². The van der Waals surface area contributed by atoms with Gasteiger partial charge >= 0.3 is 0 Å². The fraction of sp³-hybridized carbons (Fsp3) is 0.727. The minimum Gasteiger partial charge on any atom is -0.393 e. The Hall–Kier alpha value is -0.670. The summed E-state index contributed by atoms with van der Waals surface area (Å²) in [5.74, 6) is 0.177. The van der Waals surface area contributed by atoms with Gasteiger partial charge in [0.05, 0.1) is 6.10 Å². The number of allylic oxidation sites excluding steroid dienone is 1. The predicted octanol–water partition coefficient (Wildman–Crippen LogP) is 1.29. The average Bonchev–Trinajstić information content (AvgIpc) is 2.13. The summed E-state index contributed by atoms with van der Waals surface area (Å²) >= 11 is 0. The second kappa shape index (κ2) is 6.74. The van der Waals surface area contributed by atoms with Crippen LogP contribution in [-0.2, 0) is 4.79 Å². The van der Waals surface area contributed by atoms with Crippen LogP contribution in [0.5, 0.6) is 0 Å². The first-order chi connectivity index (χ1) is 6.47. The molecule has 0 amide bonds. The number of aldehydes is 1. The summed E-state index contributed by atoms with van der Waals surface area (Å²) in [5.41, 5.74) is 0.972. The monoisotopic (exact) mass is 200 g/mol. The molecule has 0 aromatic carbocycles. The lowest BCUT2D eigenvalue weighted by atomic mass is 9.94. The quantitative estimate of drug-likeness (QED) is 0.481. The van der Waals surface area contributed by atoms with E-state index in [1.54, 1.807) is 6.92 Å². The minimum absolute atomic E-state index is 0.177. The highest BCUT2D eigenvalue weighted by atomic mass is 16.3. The van der Waals surface area contributed by atoms with E-state index in [1.165, 1.54) is 0 Å². The average molecular weight is 200 g/mol. The maximum Gasteiger partial charge on any atom is 0.148 e. The third kappa shape index (κ3) is 5.89. The summed E-state index contributed by atoms with van der Waals surface area (Å²) in [6.07, 6.45) is 1.11. The van der Waals surface area contributed by atoms with Crippen molar-refractivity contribution in [2.45, 2.75) is 45.3 Å². The number of aliphatic hydroxyl groups excluding tert-OH is 2. The molecule has 0 spiro atoms. The molecule has 0 aliphatic carbocycles. The zero-order valence-corrected chi connectivity index (χ0v) is 8.94. The van der Waals surface area contributed by atoms with Crippen LogP contribution in [0.4, 0.5) is 0 Å². The third-order valence-electron chi connectivity index (χ3n) is 2.38. The zero-order chi connectivity index (χ0) is 11.1. The van der Waals surface area contributed by atoms with Crippen molar-refractivity contribution in [2.75, 3.05) is 0 Å². The molecule has 14 heavy (non-hydrogen) atoms. The number of aliphatic hydroxyl groups is 2. The Morgan fingerprint density at radius 1 is 1.43 bits per heavy atom. The highest BCUT2D eigenvalue weighted by molar-refractivity contribution is 5.55. The van der Waals surface area contributed by atoms with Crippen molar-refractivity contribution in [1.82, 2.24) is 0 Å². The van der Waals surface area contributed by atoms with Gasteiger partial charge in [-0.25, -0.2) is 0 Å². The van der Waals surface area contributed by atoms with Crippen molar-refractivity contribution < 1.29 is 15.0 Å². The lowest BCUT2D eigenvalue weighted by Gasteiger charge is -2.16. The van der Waals surface area contributed by atoms with Gasteiger partial charge in [-0.1, -0.05) is 19.1 Å². The van der Waals surface area contributed by atoms with Gasteiger partial charge in [-0.3, -0.25) is 0 Å². The Bertz CT molecular complexity index is 187. The van der Waals surface area contributed by atoms with Crippen molar-refractivity contribution >= 4 is 6.29 Å². The van der Waals surface area contributed by atoms with Gasteiger partial charge in [-0.15, -0.1) is 0 Å². The molecule has 0 bridgehead atoms. The van der Waals surface area contributed by atoms with Gasteiger partial charge in [-0.05, 0) is 32.1 Å². The van der Waals surface area contributed by atoms with Crippen molar-refractivity contribution in [1.29, 1.82) is 0 Å². The van der Waals surface area contributed by atoms with Crippen LogP contribution in [-0.4, -0.2) is 28.7 Å². The molecule has 0 rings (SSSR count). The van der Waals surface area contributed by atoms with Crippen molar-refractivity contribution in [3.8, 4) is 0 Å². The molecule has 0 radical (unpaired) electrons. The SMILES string of the molecule is C=C(CCC(O)C=O)C[C@@H](C)C(C)O. The van der Waals surface area contributed by atoms with Crippen LogP contribution in [0.1, 0.15) is 33.1 Å². The predicted molar refractivity (Wildman–Crippen MR) is 55.9 cm³/mol. The van der Waals surface area contributed by atoms with E-state index in [9.17, 15) is 9.90 Å². The summed E-state index contributed by atoms with van der Waals surface area (Å²) in [5, 5.41) is 18.2. The molecule has 82 valence electrons. The van der Waals surface area contributed by atoms with Gasteiger partial charge in [0.2, 0.25) is 0 Å². The largest absolute Gasteiger partial charge is 0.393 e. The molecule has 0 heterocycles. The molecular formula is C11H20O3. The highest BCUT2D eigenvalue weighted by Crippen LogP contribution is 2.17. The standard InChI is InChI=1S/C11H20O3/c1-8(4-5-11(14)7-12)6-9(2)10(3)13/h7,9-11,13-14H,1,4-6H2,2-3H3/t9-,10?,11?/m1/s1. The van der Waals surface area contributed by atoms with Gasteiger partial charge in [0.25, 0.3) is 0 Å². The van der Waals surface area contributed by atoms with E-state index in [0.29, 0.717) is 19.1 Å². The van der Waals surface area contributed by atoms with Gasteiger partial charge in [0.1, 0.15) is 12.4 Å². The van der Waals surface area contributed by atoms with Crippen LogP contribution in [0.3, 0.4) is 0 Å². The normalized spacial score (nSPS) is 17.1. The van der Waals surface area contributed by atoms with E-state index in [1.807, 2.05) is 6.92 Å². The van der Waals surface area contributed by atoms with Crippen LogP contribution in [0.15, 0.2) is 12.2 Å². The maximum absolute atomic E-state index is 10.1. The van der Waals surface area contributed by atoms with Gasteiger partial charge < -0.3 is 15.0 Å². The number of carbonyl (C=O) groups is 1. The van der Waals surface area contributed by atoms with E-state index in [-0.39, 0.29) is 12.0 Å². The topological polar surface area (TPSA) is 57.5 Å². The Morgan fingerprint density at radius 2 is 2.00 bits per heavy atom. The lowest BCUT2D eigenvalue weighted by Crippen LogP contribution is -2.14. The second-order valence-electron chi connectivity index (χ2n) is 3.91. The number of carbonyl (C=O) groups excluding carboxylic acids is 1. The molecule has 2 unspecified atom stereocenters. The van der Waals surface area contributed by atoms with Crippen LogP contribution < -0.4 is 0 Å². The number of rotatable bonds is 7. The van der Waals surface area contributed by atoms with Crippen molar-refractivity contribution in [3.05, 3.63) is 12.2 Å². The molecule has 0 saturated carbocycles. The van der Waals surface area contributed by atoms with Gasteiger partial charge in [0, 0.05) is 0 Å². The molecule has 0 saturated heterocycles. The van der Waals surface area contributed by atoms with E-state index in [2.05, 4.69) is 6.58 Å². The van der Waals surface area contributed by atoms with E-state index < -0.39 is 6.10 Å². The minimum atomic E-state index is -0.881. The van der Waals surface area contributed by atoms with Gasteiger partial charge in [-0.2, -0.15) is 0 Å². The smallest absolute Gasteiger partial charge is 0.148 e. The first kappa shape index (κ1) is 13.3. The molecule has 0 aliphatic heterocycles. The first-order valence-corrected chi connectivity index (χ1v) is 4.95. The fourth-order valence-corrected chi connectivity index (χ4v) is 1.15. The van der Waals surface area contributed by atoms with Crippen molar-refractivity contribution in [3.63, 3.8) is 0 Å². The number of hydrogen-bond donors (Lipinski definition) is 2. The molecule has 0 aliphatic rings. The second-order valence-corrected chi connectivity index (χ2v) is 3.91. The summed E-state index contributed by atoms with van der Waals surface area (Å²) < 4.78 is 0. The Labute approximate surface area is 85.4 Å². The van der Waals surface area contributed by atoms with E-state index >= 15 is 0 Å². The first-order valence-electron chi connectivity index (χ1n) is 4.95. The molecule has 3 atom stereocenters. The lowest BCUT2D eigenvalue weighted by molar-refractivity contribution is -0.115. The summed E-state index contributed by atoms with van der Waals surface area (Å²) in [6.45, 7) is 7.54. The van der Waals surface area contributed by atoms with Crippen LogP contribution in [0.25, 0.3) is 0 Å². The number of hydrogen-bond acceptors (Lipinski definition) is 3. The molecule has 3 nitrogen and oxygen atoms in total. The molecule has 0 aromatic rings. The summed E-state index contributed by atoms with van der Waals surface area (Å²) in [7, 11) is 0. The maximum atomic E-state index is 10.1. The van der Waals surface area contributed by atoms with Gasteiger partial charge in [0.15, 0.2) is 0 Å². The molecular weight excluding hydrogens is 180 g/mol. The fourth-order valence-electron chi connectivity index (χ4n) is 1.15. The van der Waals surface area contributed by atoms with Crippen LogP contribution >= 0.6 is 0 Å². The molecule has 0 aromatic heterocycles. The Morgan fingerprint density at radius 3 is 2.43 bits per heavy atom. The molecule has 0 fully saturated rings. The third-order valence-corrected chi connectivity index (χ3v) is 2.38. The van der Waals surface area contributed by atoms with Crippen molar-refractivity contribution in [2.24, 2.45) is 5.92 Å². The van der Waals surface area contributed by atoms with Crippen LogP contribution in [0.2, 0.25) is 0 Å². The molecule has 3 heteroatoms. The highest BCUT2D eigenvalue weighted by Gasteiger charge is 2.11. The van der Waals surface area contributed by atoms with Crippen LogP contribution in [0, 0.1) is 5.92 Å². The zero-order valence-electron chi connectivity index (χ0n) is 8.94. The molecule has 2 N–H and O–H groups in total. The summed E-state index contributed by atoms with van der Waals surface area (Å²) in [6, 6.07) is 0. The Kier molecular flexibility index (Phi) is 6.41. The van der Waals surface area contributed by atoms with E-state index in [0.717, 1.165) is 12.0 Å². The Balaban J connectivity index is 3.70.